The van der Waals surface area contributed by atoms with Crippen LogP contribution in [0.15, 0.2) is 0 Å². The maximum atomic E-state index is 11.9. The van der Waals surface area contributed by atoms with Gasteiger partial charge in [0.2, 0.25) is 0 Å². The molecule has 2 amide bonds. The Morgan fingerprint density at radius 3 is 2.47 bits per heavy atom. The number of urea groups is 1. The molecule has 0 aliphatic carbocycles. The van der Waals surface area contributed by atoms with Gasteiger partial charge in [-0.1, -0.05) is 0 Å². The van der Waals surface area contributed by atoms with Gasteiger partial charge in [0.15, 0.2) is 0 Å². The molecule has 1 fully saturated rings. The molecule has 0 spiro atoms. The van der Waals surface area contributed by atoms with Crippen molar-refractivity contribution in [3.05, 3.63) is 0 Å². The standard InChI is InChI=1S/C14H29N3O2/c1-11(2)17(12(3)4)8-6-15-14(19)16-7-5-13(9-16)10-18/h11-13,18H,5-10H2,1-4H3,(H,15,19). The minimum absolute atomic E-state index is 0.00316. The minimum atomic E-state index is 0.00316. The van der Waals surface area contributed by atoms with Crippen molar-refractivity contribution in [1.82, 2.24) is 15.1 Å². The van der Waals surface area contributed by atoms with E-state index in [1.165, 1.54) is 0 Å². The summed E-state index contributed by atoms with van der Waals surface area (Å²) < 4.78 is 0. The summed E-state index contributed by atoms with van der Waals surface area (Å²) in [6.07, 6.45) is 0.911. The van der Waals surface area contributed by atoms with Gasteiger partial charge in [-0.3, -0.25) is 4.90 Å². The second kappa shape index (κ2) is 7.70. The summed E-state index contributed by atoms with van der Waals surface area (Å²) in [5.41, 5.74) is 0. The maximum Gasteiger partial charge on any atom is 0.317 e. The molecule has 1 rings (SSSR count). The molecule has 1 heterocycles. The zero-order valence-corrected chi connectivity index (χ0v) is 12.7. The highest BCUT2D eigenvalue weighted by molar-refractivity contribution is 5.74. The smallest absolute Gasteiger partial charge is 0.317 e. The van der Waals surface area contributed by atoms with Crippen LogP contribution < -0.4 is 5.32 Å². The lowest BCUT2D eigenvalue weighted by molar-refractivity contribution is 0.169. The lowest BCUT2D eigenvalue weighted by Crippen LogP contribution is -2.45. The summed E-state index contributed by atoms with van der Waals surface area (Å²) in [5, 5.41) is 12.0. The van der Waals surface area contributed by atoms with E-state index in [-0.39, 0.29) is 18.6 Å². The molecule has 0 aromatic carbocycles. The van der Waals surface area contributed by atoms with Gasteiger partial charge in [-0.2, -0.15) is 0 Å². The maximum absolute atomic E-state index is 11.9. The summed E-state index contributed by atoms with van der Waals surface area (Å²) in [5.74, 6) is 0.258. The monoisotopic (exact) mass is 271 g/mol. The summed E-state index contributed by atoms with van der Waals surface area (Å²) in [4.78, 5) is 16.1. The van der Waals surface area contributed by atoms with Crippen molar-refractivity contribution >= 4 is 6.03 Å². The molecule has 5 heteroatoms. The Labute approximate surface area is 117 Å². The second-order valence-electron chi connectivity index (χ2n) is 5.94. The fraction of sp³-hybridized carbons (Fsp3) is 0.929. The number of carbonyl (C=O) groups excluding carboxylic acids is 1. The second-order valence-corrected chi connectivity index (χ2v) is 5.94. The van der Waals surface area contributed by atoms with Crippen molar-refractivity contribution in [3.63, 3.8) is 0 Å². The summed E-state index contributed by atoms with van der Waals surface area (Å²) in [6.45, 7) is 11.9. The molecule has 1 aliphatic rings. The fourth-order valence-corrected chi connectivity index (χ4v) is 2.68. The van der Waals surface area contributed by atoms with E-state index in [1.807, 2.05) is 0 Å². The predicted octanol–water partition coefficient (Wildman–Crippen LogP) is 1.13. The molecule has 0 saturated carbocycles. The number of rotatable bonds is 6. The van der Waals surface area contributed by atoms with Gasteiger partial charge in [-0.05, 0) is 34.1 Å². The Balaban J connectivity index is 2.27. The zero-order valence-electron chi connectivity index (χ0n) is 12.7. The Hall–Kier alpha value is -0.810. The first-order valence-electron chi connectivity index (χ1n) is 7.35. The van der Waals surface area contributed by atoms with Crippen molar-refractivity contribution < 1.29 is 9.90 Å². The van der Waals surface area contributed by atoms with Gasteiger partial charge in [0.1, 0.15) is 0 Å². The van der Waals surface area contributed by atoms with E-state index < -0.39 is 0 Å². The van der Waals surface area contributed by atoms with Gasteiger partial charge in [0.05, 0.1) is 0 Å². The highest BCUT2D eigenvalue weighted by Crippen LogP contribution is 2.15. The SMILES string of the molecule is CC(C)N(CCNC(=O)N1CCC(CO)C1)C(C)C. The molecule has 1 atom stereocenters. The van der Waals surface area contributed by atoms with Crippen LogP contribution >= 0.6 is 0 Å². The first kappa shape index (κ1) is 16.2. The van der Waals surface area contributed by atoms with Crippen molar-refractivity contribution in [3.8, 4) is 0 Å². The average molecular weight is 271 g/mol. The van der Waals surface area contributed by atoms with Crippen LogP contribution in [0.4, 0.5) is 4.79 Å². The van der Waals surface area contributed by atoms with Crippen molar-refractivity contribution in [1.29, 1.82) is 0 Å². The topological polar surface area (TPSA) is 55.8 Å². The van der Waals surface area contributed by atoms with Gasteiger partial charge in [0.25, 0.3) is 0 Å². The van der Waals surface area contributed by atoms with Gasteiger partial charge in [0, 0.05) is 50.8 Å². The van der Waals surface area contributed by atoms with E-state index in [0.717, 1.165) is 19.5 Å². The van der Waals surface area contributed by atoms with Crippen LogP contribution in [0.5, 0.6) is 0 Å². The predicted molar refractivity (Wildman–Crippen MR) is 77.1 cm³/mol. The first-order valence-corrected chi connectivity index (χ1v) is 7.35. The molecule has 0 bridgehead atoms. The van der Waals surface area contributed by atoms with Crippen LogP contribution in [0.1, 0.15) is 34.1 Å². The lowest BCUT2D eigenvalue weighted by atomic mass is 10.1. The molecule has 1 saturated heterocycles. The van der Waals surface area contributed by atoms with Gasteiger partial charge in [-0.25, -0.2) is 4.79 Å². The molecule has 5 nitrogen and oxygen atoms in total. The number of hydrogen-bond donors (Lipinski definition) is 2. The molecule has 0 aromatic heterocycles. The average Bonchev–Trinajstić information content (AvgIpc) is 2.82. The summed E-state index contributed by atoms with van der Waals surface area (Å²) in [6, 6.07) is 0.980. The third-order valence-electron chi connectivity index (χ3n) is 3.80. The Morgan fingerprint density at radius 2 is 2.00 bits per heavy atom. The van der Waals surface area contributed by atoms with Gasteiger partial charge in [-0.15, -0.1) is 0 Å². The number of nitrogens with one attached hydrogen (secondary N) is 1. The van der Waals surface area contributed by atoms with Crippen LogP contribution in [-0.2, 0) is 0 Å². The van der Waals surface area contributed by atoms with Gasteiger partial charge < -0.3 is 15.3 Å². The van der Waals surface area contributed by atoms with Gasteiger partial charge >= 0.3 is 6.03 Å². The van der Waals surface area contributed by atoms with Crippen molar-refractivity contribution in [2.24, 2.45) is 5.92 Å². The third kappa shape index (κ3) is 4.99. The van der Waals surface area contributed by atoms with Crippen LogP contribution in [0, 0.1) is 5.92 Å². The molecule has 1 aliphatic heterocycles. The van der Waals surface area contributed by atoms with E-state index in [2.05, 4.69) is 37.9 Å². The van der Waals surface area contributed by atoms with E-state index in [0.29, 0.717) is 25.2 Å². The highest BCUT2D eigenvalue weighted by atomic mass is 16.3. The highest BCUT2D eigenvalue weighted by Gasteiger charge is 2.25. The fourth-order valence-electron chi connectivity index (χ4n) is 2.68. The van der Waals surface area contributed by atoms with Crippen LogP contribution in [0.25, 0.3) is 0 Å². The molecule has 2 N–H and O–H groups in total. The number of likely N-dealkylation sites (tertiary alicyclic amines) is 1. The first-order chi connectivity index (χ1) is 8.95. The number of nitrogens with zero attached hydrogens (tertiary/aromatic N) is 2. The lowest BCUT2D eigenvalue weighted by Gasteiger charge is -2.30. The van der Waals surface area contributed by atoms with Crippen LogP contribution in [-0.4, -0.2) is 65.8 Å². The molecule has 0 aromatic rings. The number of amides is 2. The van der Waals surface area contributed by atoms with Crippen LogP contribution in [0.2, 0.25) is 0 Å². The molecule has 1 unspecified atom stereocenters. The molecule has 112 valence electrons. The summed E-state index contributed by atoms with van der Waals surface area (Å²) >= 11 is 0. The number of carbonyl (C=O) groups is 1. The third-order valence-corrected chi connectivity index (χ3v) is 3.80. The molecular weight excluding hydrogens is 242 g/mol. The van der Waals surface area contributed by atoms with Crippen molar-refractivity contribution in [2.75, 3.05) is 32.8 Å². The largest absolute Gasteiger partial charge is 0.396 e. The minimum Gasteiger partial charge on any atom is -0.396 e. The Morgan fingerprint density at radius 1 is 1.37 bits per heavy atom. The Bertz CT molecular complexity index is 274. The number of aliphatic hydroxyl groups is 1. The quantitative estimate of drug-likeness (QED) is 0.761. The summed E-state index contributed by atoms with van der Waals surface area (Å²) in [7, 11) is 0. The van der Waals surface area contributed by atoms with E-state index in [1.54, 1.807) is 4.90 Å². The molecule has 0 radical (unpaired) electrons. The van der Waals surface area contributed by atoms with Crippen molar-refractivity contribution in [2.45, 2.75) is 46.2 Å². The van der Waals surface area contributed by atoms with E-state index in [4.69, 9.17) is 5.11 Å². The van der Waals surface area contributed by atoms with E-state index >= 15 is 0 Å². The number of hydrogen-bond acceptors (Lipinski definition) is 3. The molecule has 19 heavy (non-hydrogen) atoms. The van der Waals surface area contributed by atoms with E-state index in [9.17, 15) is 4.79 Å². The van der Waals surface area contributed by atoms with Crippen LogP contribution in [0.3, 0.4) is 0 Å². The molecular formula is C14H29N3O2. The normalized spacial score (nSPS) is 19.8. The number of aliphatic hydroxyl groups excluding tert-OH is 1. The zero-order chi connectivity index (χ0) is 14.4. The Kier molecular flexibility index (Phi) is 6.58.